The largest absolute Gasteiger partial charge is 0.459 e. The third-order valence-electron chi connectivity index (χ3n) is 3.57. The Morgan fingerprint density at radius 2 is 2.21 bits per heavy atom. The third-order valence-corrected chi connectivity index (χ3v) is 3.57. The number of carbonyl (C=O) groups is 1. The Morgan fingerprint density at radius 3 is 2.93 bits per heavy atom. The standard InChI is InChI=1S/C12H18O2/c1-8(2)10-4-3-9-5-6-12(13)14-11(9)7-10/h5-6,8-11H,3-4,7H2,1-2H3. The van der Waals surface area contributed by atoms with Gasteiger partial charge in [-0.15, -0.1) is 0 Å². The van der Waals surface area contributed by atoms with E-state index in [1.807, 2.05) is 6.08 Å². The Labute approximate surface area is 85.3 Å². The minimum Gasteiger partial charge on any atom is -0.459 e. The highest BCUT2D eigenvalue weighted by Gasteiger charge is 2.34. The predicted octanol–water partition coefficient (Wildman–Crippen LogP) is 2.54. The lowest BCUT2D eigenvalue weighted by molar-refractivity contribution is -0.149. The molecule has 0 spiro atoms. The molecule has 0 saturated heterocycles. The molecule has 0 aromatic carbocycles. The molecular weight excluding hydrogens is 176 g/mol. The maximum Gasteiger partial charge on any atom is 0.330 e. The summed E-state index contributed by atoms with van der Waals surface area (Å²) >= 11 is 0. The van der Waals surface area contributed by atoms with Crippen molar-refractivity contribution in [3.05, 3.63) is 12.2 Å². The van der Waals surface area contributed by atoms with Crippen molar-refractivity contribution in [2.24, 2.45) is 17.8 Å². The Bertz CT molecular complexity index is 255. The maximum atomic E-state index is 11.1. The van der Waals surface area contributed by atoms with Crippen molar-refractivity contribution >= 4 is 5.97 Å². The van der Waals surface area contributed by atoms with Crippen LogP contribution in [0, 0.1) is 17.8 Å². The molecule has 0 radical (unpaired) electrons. The number of rotatable bonds is 1. The summed E-state index contributed by atoms with van der Waals surface area (Å²) in [6, 6.07) is 0. The van der Waals surface area contributed by atoms with Gasteiger partial charge in [0, 0.05) is 12.0 Å². The number of hydrogen-bond donors (Lipinski definition) is 0. The lowest BCUT2D eigenvalue weighted by atomic mass is 9.74. The van der Waals surface area contributed by atoms with Gasteiger partial charge in [0.25, 0.3) is 0 Å². The van der Waals surface area contributed by atoms with E-state index in [2.05, 4.69) is 13.8 Å². The van der Waals surface area contributed by atoms with Crippen LogP contribution in [-0.2, 0) is 9.53 Å². The number of carbonyl (C=O) groups excluding carboxylic acids is 1. The van der Waals surface area contributed by atoms with Crippen LogP contribution in [0.3, 0.4) is 0 Å². The quantitative estimate of drug-likeness (QED) is 0.600. The zero-order valence-corrected chi connectivity index (χ0v) is 8.90. The van der Waals surface area contributed by atoms with E-state index < -0.39 is 0 Å². The molecule has 1 saturated carbocycles. The van der Waals surface area contributed by atoms with Crippen LogP contribution in [0.2, 0.25) is 0 Å². The topological polar surface area (TPSA) is 26.3 Å². The van der Waals surface area contributed by atoms with Gasteiger partial charge in [0.1, 0.15) is 6.10 Å². The molecule has 2 nitrogen and oxygen atoms in total. The van der Waals surface area contributed by atoms with Gasteiger partial charge in [-0.05, 0) is 31.1 Å². The first-order chi connectivity index (χ1) is 6.66. The van der Waals surface area contributed by atoms with Gasteiger partial charge in [0.15, 0.2) is 0 Å². The molecule has 1 fully saturated rings. The van der Waals surface area contributed by atoms with Crippen molar-refractivity contribution in [3.63, 3.8) is 0 Å². The zero-order chi connectivity index (χ0) is 10.1. The Balaban J connectivity index is 2.03. The lowest BCUT2D eigenvalue weighted by Gasteiger charge is -2.37. The van der Waals surface area contributed by atoms with Gasteiger partial charge in [-0.25, -0.2) is 4.79 Å². The summed E-state index contributed by atoms with van der Waals surface area (Å²) in [4.78, 5) is 11.1. The van der Waals surface area contributed by atoms with Gasteiger partial charge < -0.3 is 4.74 Å². The van der Waals surface area contributed by atoms with Gasteiger partial charge >= 0.3 is 5.97 Å². The number of fused-ring (bicyclic) bond motifs is 1. The molecule has 2 rings (SSSR count). The van der Waals surface area contributed by atoms with E-state index in [-0.39, 0.29) is 12.1 Å². The van der Waals surface area contributed by atoms with Crippen molar-refractivity contribution in [2.45, 2.75) is 39.2 Å². The van der Waals surface area contributed by atoms with E-state index in [9.17, 15) is 4.79 Å². The molecule has 1 aliphatic carbocycles. The highest BCUT2D eigenvalue weighted by molar-refractivity contribution is 5.83. The van der Waals surface area contributed by atoms with Gasteiger partial charge in [0.2, 0.25) is 0 Å². The summed E-state index contributed by atoms with van der Waals surface area (Å²) in [5.74, 6) is 1.77. The fourth-order valence-corrected chi connectivity index (χ4v) is 2.54. The molecule has 0 bridgehead atoms. The van der Waals surface area contributed by atoms with Crippen LogP contribution in [0.25, 0.3) is 0 Å². The Morgan fingerprint density at radius 1 is 1.43 bits per heavy atom. The van der Waals surface area contributed by atoms with Gasteiger partial charge in [-0.3, -0.25) is 0 Å². The van der Waals surface area contributed by atoms with Crippen LogP contribution in [0.1, 0.15) is 33.1 Å². The summed E-state index contributed by atoms with van der Waals surface area (Å²) in [7, 11) is 0. The first-order valence-corrected chi connectivity index (χ1v) is 5.55. The molecule has 0 N–H and O–H groups in total. The summed E-state index contributed by atoms with van der Waals surface area (Å²) in [5, 5.41) is 0. The summed E-state index contributed by atoms with van der Waals surface area (Å²) in [6.45, 7) is 4.51. The van der Waals surface area contributed by atoms with E-state index in [1.54, 1.807) is 6.08 Å². The van der Waals surface area contributed by atoms with Crippen LogP contribution >= 0.6 is 0 Å². The van der Waals surface area contributed by atoms with Gasteiger partial charge in [-0.1, -0.05) is 19.9 Å². The molecule has 3 atom stereocenters. The van der Waals surface area contributed by atoms with Crippen LogP contribution < -0.4 is 0 Å². The highest BCUT2D eigenvalue weighted by Crippen LogP contribution is 2.37. The molecule has 78 valence electrons. The third kappa shape index (κ3) is 1.84. The number of ether oxygens (including phenoxy) is 1. The van der Waals surface area contributed by atoms with E-state index in [4.69, 9.17) is 4.74 Å². The number of hydrogen-bond acceptors (Lipinski definition) is 2. The molecule has 2 heteroatoms. The molecule has 14 heavy (non-hydrogen) atoms. The minimum absolute atomic E-state index is 0.157. The average Bonchev–Trinajstić information content (AvgIpc) is 2.16. The lowest BCUT2D eigenvalue weighted by Crippen LogP contribution is -2.36. The highest BCUT2D eigenvalue weighted by atomic mass is 16.5. The molecule has 3 unspecified atom stereocenters. The molecular formula is C12H18O2. The summed E-state index contributed by atoms with van der Waals surface area (Å²) in [5.41, 5.74) is 0. The second kappa shape index (κ2) is 3.76. The maximum absolute atomic E-state index is 11.1. The monoisotopic (exact) mass is 194 g/mol. The van der Waals surface area contributed by atoms with Crippen LogP contribution in [0.15, 0.2) is 12.2 Å². The minimum atomic E-state index is -0.157. The predicted molar refractivity (Wildman–Crippen MR) is 54.7 cm³/mol. The van der Waals surface area contributed by atoms with E-state index in [1.165, 1.54) is 12.8 Å². The van der Waals surface area contributed by atoms with Crippen molar-refractivity contribution in [2.75, 3.05) is 0 Å². The second-order valence-electron chi connectivity index (χ2n) is 4.82. The van der Waals surface area contributed by atoms with E-state index in [0.717, 1.165) is 12.3 Å². The summed E-state index contributed by atoms with van der Waals surface area (Å²) in [6.07, 6.45) is 7.29. The SMILES string of the molecule is CC(C)C1CCC2C=CC(=O)OC2C1. The Kier molecular flexibility index (Phi) is 2.62. The molecule has 0 aromatic rings. The smallest absolute Gasteiger partial charge is 0.330 e. The van der Waals surface area contributed by atoms with Crippen LogP contribution in [0.5, 0.6) is 0 Å². The van der Waals surface area contributed by atoms with Crippen molar-refractivity contribution in [1.82, 2.24) is 0 Å². The first kappa shape index (κ1) is 9.75. The van der Waals surface area contributed by atoms with E-state index >= 15 is 0 Å². The van der Waals surface area contributed by atoms with Crippen molar-refractivity contribution < 1.29 is 9.53 Å². The molecule has 1 aliphatic heterocycles. The zero-order valence-electron chi connectivity index (χ0n) is 8.90. The summed E-state index contributed by atoms with van der Waals surface area (Å²) < 4.78 is 5.34. The fourth-order valence-electron chi connectivity index (χ4n) is 2.54. The Hall–Kier alpha value is -0.790. The fraction of sp³-hybridized carbons (Fsp3) is 0.750. The van der Waals surface area contributed by atoms with Gasteiger partial charge in [0.05, 0.1) is 0 Å². The van der Waals surface area contributed by atoms with Crippen molar-refractivity contribution in [3.8, 4) is 0 Å². The second-order valence-corrected chi connectivity index (χ2v) is 4.82. The molecule has 1 heterocycles. The van der Waals surface area contributed by atoms with Crippen LogP contribution in [0.4, 0.5) is 0 Å². The average molecular weight is 194 g/mol. The first-order valence-electron chi connectivity index (χ1n) is 5.55. The van der Waals surface area contributed by atoms with E-state index in [0.29, 0.717) is 11.8 Å². The molecule has 0 amide bonds. The van der Waals surface area contributed by atoms with Crippen LogP contribution in [-0.4, -0.2) is 12.1 Å². The molecule has 2 aliphatic rings. The number of esters is 1. The molecule has 0 aromatic heterocycles. The van der Waals surface area contributed by atoms with Crippen molar-refractivity contribution in [1.29, 1.82) is 0 Å². The van der Waals surface area contributed by atoms with Gasteiger partial charge in [-0.2, -0.15) is 0 Å². The normalized spacial score (nSPS) is 36.8.